The molecule has 0 saturated heterocycles. The molecule has 0 unspecified atom stereocenters. The van der Waals surface area contributed by atoms with Crippen LogP contribution in [0.1, 0.15) is 60.4 Å². The molecule has 1 aromatic heterocycles. The van der Waals surface area contributed by atoms with Gasteiger partial charge in [-0.25, -0.2) is 9.59 Å². The summed E-state index contributed by atoms with van der Waals surface area (Å²) in [6.07, 6.45) is 6.04. The van der Waals surface area contributed by atoms with Gasteiger partial charge in [-0.3, -0.25) is 9.97 Å². The maximum absolute atomic E-state index is 11.9. The Morgan fingerprint density at radius 2 is 1.29 bits per heavy atom. The number of unbranched alkanes of at least 4 members (excludes halogenated alkanes) is 3. The van der Waals surface area contributed by atoms with Gasteiger partial charge in [-0.1, -0.05) is 119 Å². The molecule has 7 heteroatoms. The summed E-state index contributed by atoms with van der Waals surface area (Å²) < 4.78 is 2.03. The number of aromatic nitrogens is 3. The highest BCUT2D eigenvalue weighted by molar-refractivity contribution is 9.10. The summed E-state index contributed by atoms with van der Waals surface area (Å²) >= 11 is 7.49. The number of halogens is 2. The predicted molar refractivity (Wildman–Crippen MR) is 171 cm³/mol. The molecule has 0 saturated carbocycles. The lowest BCUT2D eigenvalue weighted by Crippen LogP contribution is -2.29. The number of fused-ring (bicyclic) bond motifs is 3. The SMILES string of the molecule is CCCCCCc1ccc(C2(c3ccc(-c4nc(=O)[nH]c(=O)[nH]4)cc3)c3cc(Br)ccc3-c3ccc(Br)cc32)cc1. The second-order valence-electron chi connectivity index (χ2n) is 10.6. The fraction of sp³-hybridized carbons (Fsp3) is 0.206. The van der Waals surface area contributed by atoms with Gasteiger partial charge < -0.3 is 0 Å². The van der Waals surface area contributed by atoms with Crippen molar-refractivity contribution in [2.24, 2.45) is 0 Å². The minimum absolute atomic E-state index is 0.240. The molecule has 0 spiro atoms. The van der Waals surface area contributed by atoms with E-state index in [1.807, 2.05) is 12.1 Å². The average molecular weight is 671 g/mol. The Kier molecular flexibility index (Phi) is 7.66. The van der Waals surface area contributed by atoms with Crippen LogP contribution in [0.25, 0.3) is 22.5 Å². The van der Waals surface area contributed by atoms with Crippen molar-refractivity contribution in [2.45, 2.75) is 44.4 Å². The number of nitrogens with zero attached hydrogens (tertiary/aromatic N) is 1. The van der Waals surface area contributed by atoms with Crippen LogP contribution in [0.2, 0.25) is 0 Å². The number of hydrogen-bond acceptors (Lipinski definition) is 3. The van der Waals surface area contributed by atoms with Crippen LogP contribution in [-0.4, -0.2) is 15.0 Å². The minimum Gasteiger partial charge on any atom is -0.291 e. The molecule has 206 valence electrons. The van der Waals surface area contributed by atoms with Gasteiger partial charge in [-0.15, -0.1) is 0 Å². The third-order valence-corrected chi connectivity index (χ3v) is 9.01. The first-order valence-electron chi connectivity index (χ1n) is 13.9. The second-order valence-corrected chi connectivity index (χ2v) is 12.4. The van der Waals surface area contributed by atoms with Crippen molar-refractivity contribution in [1.82, 2.24) is 15.0 Å². The summed E-state index contributed by atoms with van der Waals surface area (Å²) in [5, 5.41) is 0. The zero-order chi connectivity index (χ0) is 28.6. The normalized spacial score (nSPS) is 13.1. The van der Waals surface area contributed by atoms with Crippen LogP contribution < -0.4 is 11.4 Å². The van der Waals surface area contributed by atoms with Gasteiger partial charge >= 0.3 is 11.4 Å². The van der Waals surface area contributed by atoms with Crippen LogP contribution in [0.4, 0.5) is 0 Å². The van der Waals surface area contributed by atoms with Gasteiger partial charge in [0.25, 0.3) is 0 Å². The number of aryl methyl sites for hydroxylation is 1. The van der Waals surface area contributed by atoms with Crippen LogP contribution in [0.5, 0.6) is 0 Å². The topological polar surface area (TPSA) is 78.6 Å². The van der Waals surface area contributed by atoms with Crippen molar-refractivity contribution >= 4 is 31.9 Å². The standard InChI is InChI=1S/C34H29Br2N3O2/c1-2-3-4-5-6-21-7-11-23(12-8-21)34(24-13-9-22(10-14-24)31-37-32(40)39-33(41)38-31)29-19-25(35)15-17-27(29)28-18-16-26(36)20-30(28)34/h7-20H,2-6H2,1H3,(H2,37,38,39,40,41). The van der Waals surface area contributed by atoms with Gasteiger partial charge in [0.1, 0.15) is 5.82 Å². The van der Waals surface area contributed by atoms with E-state index in [1.54, 1.807) is 0 Å². The smallest absolute Gasteiger partial charge is 0.291 e. The van der Waals surface area contributed by atoms with E-state index in [9.17, 15) is 9.59 Å². The molecule has 0 amide bonds. The molecule has 0 radical (unpaired) electrons. The van der Waals surface area contributed by atoms with Crippen molar-refractivity contribution in [1.29, 1.82) is 0 Å². The molecule has 1 aliphatic rings. The Hall–Kier alpha value is -3.55. The molecule has 41 heavy (non-hydrogen) atoms. The van der Waals surface area contributed by atoms with Gasteiger partial charge in [0.05, 0.1) is 5.41 Å². The van der Waals surface area contributed by atoms with Gasteiger partial charge in [-0.2, -0.15) is 4.98 Å². The first kappa shape index (κ1) is 27.6. The highest BCUT2D eigenvalue weighted by atomic mass is 79.9. The highest BCUT2D eigenvalue weighted by Gasteiger charge is 2.46. The number of nitrogens with one attached hydrogen (secondary N) is 2. The van der Waals surface area contributed by atoms with Crippen molar-refractivity contribution in [2.75, 3.05) is 0 Å². The van der Waals surface area contributed by atoms with Crippen molar-refractivity contribution in [3.8, 4) is 22.5 Å². The number of aromatic amines is 2. The third kappa shape index (κ3) is 5.06. The third-order valence-electron chi connectivity index (χ3n) is 8.02. The molecule has 4 aromatic carbocycles. The molecule has 5 aromatic rings. The molecular weight excluding hydrogens is 642 g/mol. The fourth-order valence-corrected chi connectivity index (χ4v) is 6.86. The van der Waals surface area contributed by atoms with Gasteiger partial charge in [0.15, 0.2) is 0 Å². The van der Waals surface area contributed by atoms with Crippen LogP contribution in [-0.2, 0) is 11.8 Å². The number of rotatable bonds is 8. The minimum atomic E-state index is -0.674. The van der Waals surface area contributed by atoms with Gasteiger partial charge in [0, 0.05) is 14.5 Å². The molecule has 1 heterocycles. The lowest BCUT2D eigenvalue weighted by atomic mass is 9.67. The molecular formula is C34H29Br2N3O2. The van der Waals surface area contributed by atoms with E-state index < -0.39 is 16.8 Å². The maximum atomic E-state index is 11.9. The van der Waals surface area contributed by atoms with Crippen LogP contribution in [0.15, 0.2) is 103 Å². The van der Waals surface area contributed by atoms with Gasteiger partial charge in [-0.05, 0) is 76.1 Å². The van der Waals surface area contributed by atoms with Crippen LogP contribution in [0.3, 0.4) is 0 Å². The Morgan fingerprint density at radius 3 is 1.85 bits per heavy atom. The molecule has 0 fully saturated rings. The van der Waals surface area contributed by atoms with E-state index in [2.05, 4.69) is 127 Å². The molecule has 2 N–H and O–H groups in total. The zero-order valence-electron chi connectivity index (χ0n) is 22.6. The molecule has 0 bridgehead atoms. The fourth-order valence-electron chi connectivity index (χ4n) is 6.14. The summed E-state index contributed by atoms with van der Waals surface area (Å²) in [6, 6.07) is 30.1. The Balaban J connectivity index is 1.55. The van der Waals surface area contributed by atoms with E-state index in [0.717, 1.165) is 20.9 Å². The monoisotopic (exact) mass is 669 g/mol. The summed E-state index contributed by atoms with van der Waals surface area (Å²) in [6.45, 7) is 2.24. The second kappa shape index (κ2) is 11.4. The first-order chi connectivity index (χ1) is 19.9. The summed E-state index contributed by atoms with van der Waals surface area (Å²) in [5.41, 5.74) is 7.24. The Labute approximate surface area is 255 Å². The van der Waals surface area contributed by atoms with E-state index >= 15 is 0 Å². The van der Waals surface area contributed by atoms with Crippen LogP contribution in [0, 0.1) is 0 Å². The van der Waals surface area contributed by atoms with E-state index in [0.29, 0.717) is 5.56 Å². The van der Waals surface area contributed by atoms with E-state index in [1.165, 1.54) is 59.1 Å². The Bertz CT molecular complexity index is 1760. The van der Waals surface area contributed by atoms with Crippen molar-refractivity contribution in [3.63, 3.8) is 0 Å². The molecule has 5 nitrogen and oxygen atoms in total. The predicted octanol–water partition coefficient (Wildman–Crippen LogP) is 8.14. The lowest BCUT2D eigenvalue weighted by Gasteiger charge is -2.34. The summed E-state index contributed by atoms with van der Waals surface area (Å²) in [4.78, 5) is 32.5. The quantitative estimate of drug-likeness (QED) is 0.161. The maximum Gasteiger partial charge on any atom is 0.351 e. The lowest BCUT2D eigenvalue weighted by molar-refractivity contribution is 0.666. The largest absolute Gasteiger partial charge is 0.351 e. The van der Waals surface area contributed by atoms with Gasteiger partial charge in [0.2, 0.25) is 0 Å². The molecule has 0 atom stereocenters. The summed E-state index contributed by atoms with van der Waals surface area (Å²) in [5.74, 6) is 0.240. The molecule has 6 rings (SSSR count). The average Bonchev–Trinajstić information content (AvgIpc) is 3.24. The zero-order valence-corrected chi connectivity index (χ0v) is 25.8. The molecule has 0 aliphatic heterocycles. The number of benzene rings is 4. The number of hydrogen-bond donors (Lipinski definition) is 2. The van der Waals surface area contributed by atoms with Crippen LogP contribution >= 0.6 is 31.9 Å². The first-order valence-corrected chi connectivity index (χ1v) is 15.5. The molecule has 1 aliphatic carbocycles. The van der Waals surface area contributed by atoms with Crippen molar-refractivity contribution < 1.29 is 0 Å². The van der Waals surface area contributed by atoms with Crippen molar-refractivity contribution in [3.05, 3.63) is 143 Å². The van der Waals surface area contributed by atoms with E-state index in [4.69, 9.17) is 0 Å². The van der Waals surface area contributed by atoms with E-state index in [-0.39, 0.29) is 5.82 Å². The Morgan fingerprint density at radius 1 is 0.707 bits per heavy atom. The number of H-pyrrole nitrogens is 2. The summed E-state index contributed by atoms with van der Waals surface area (Å²) in [7, 11) is 0. The highest BCUT2D eigenvalue weighted by Crippen LogP contribution is 2.57.